The van der Waals surface area contributed by atoms with Gasteiger partial charge in [-0.1, -0.05) is 11.2 Å². The van der Waals surface area contributed by atoms with Crippen LogP contribution in [0.1, 0.15) is 17.4 Å². The molecule has 0 fully saturated rings. The van der Waals surface area contributed by atoms with Gasteiger partial charge in [0.15, 0.2) is 11.3 Å². The molecule has 23 heavy (non-hydrogen) atoms. The van der Waals surface area contributed by atoms with Crippen LogP contribution in [0, 0.1) is 0 Å². The zero-order valence-corrected chi connectivity index (χ0v) is 12.5. The number of ether oxygens (including phenoxy) is 1. The minimum Gasteiger partial charge on any atom is -0.497 e. The molecule has 1 aromatic heterocycles. The Morgan fingerprint density at radius 3 is 2.70 bits per heavy atom. The number of nitrogens with one attached hydrogen (secondary N) is 1. The number of methoxy groups -OCH3 is 1. The van der Waals surface area contributed by atoms with Crippen molar-refractivity contribution < 1.29 is 24.0 Å². The maximum Gasteiger partial charge on any atom is 0.325 e. The van der Waals surface area contributed by atoms with Crippen molar-refractivity contribution in [2.45, 2.75) is 13.0 Å². The molecule has 118 valence electrons. The predicted octanol–water partition coefficient (Wildman–Crippen LogP) is 2.19. The summed E-state index contributed by atoms with van der Waals surface area (Å²) in [6.07, 6.45) is 0. The number of benzene rings is 2. The van der Waals surface area contributed by atoms with Gasteiger partial charge in [0, 0.05) is 5.39 Å². The molecule has 3 rings (SSSR count). The highest BCUT2D eigenvalue weighted by molar-refractivity contribution is 6.12. The lowest BCUT2D eigenvalue weighted by atomic mass is 10.1. The number of nitrogens with zero attached hydrogens (tertiary/aromatic N) is 1. The smallest absolute Gasteiger partial charge is 0.325 e. The van der Waals surface area contributed by atoms with E-state index in [1.165, 1.54) is 6.92 Å². The van der Waals surface area contributed by atoms with Crippen LogP contribution in [-0.2, 0) is 4.79 Å². The number of amides is 1. The average molecular weight is 314 g/mol. The molecule has 0 spiro atoms. The van der Waals surface area contributed by atoms with E-state index in [4.69, 9.17) is 14.4 Å². The number of aliphatic carboxylic acids is 1. The quantitative estimate of drug-likeness (QED) is 0.765. The van der Waals surface area contributed by atoms with Gasteiger partial charge in [-0.25, -0.2) is 0 Å². The standard InChI is InChI=1S/C16H14N2O5/c1-8(16(20)21)17-15(19)13-12-5-3-9-7-10(22-2)4-6-11(9)14(12)23-18-13/h3-8H,1-2H3,(H,17,19)(H,20,21)/t8-/m1/s1. The highest BCUT2D eigenvalue weighted by Crippen LogP contribution is 2.30. The van der Waals surface area contributed by atoms with Crippen molar-refractivity contribution in [2.24, 2.45) is 0 Å². The number of fused-ring (bicyclic) bond motifs is 3. The first-order valence-electron chi connectivity index (χ1n) is 6.91. The molecule has 0 saturated carbocycles. The molecule has 1 atom stereocenters. The van der Waals surface area contributed by atoms with Crippen LogP contribution in [0.15, 0.2) is 34.9 Å². The Morgan fingerprint density at radius 1 is 1.26 bits per heavy atom. The van der Waals surface area contributed by atoms with Gasteiger partial charge in [0.1, 0.15) is 11.8 Å². The van der Waals surface area contributed by atoms with Crippen molar-refractivity contribution in [2.75, 3.05) is 7.11 Å². The average Bonchev–Trinajstić information content (AvgIpc) is 2.98. The molecule has 0 saturated heterocycles. The van der Waals surface area contributed by atoms with Crippen LogP contribution in [0.2, 0.25) is 0 Å². The molecule has 2 N–H and O–H groups in total. The second-order valence-electron chi connectivity index (χ2n) is 5.09. The number of aromatic nitrogens is 1. The van der Waals surface area contributed by atoms with Crippen LogP contribution in [-0.4, -0.2) is 35.3 Å². The summed E-state index contributed by atoms with van der Waals surface area (Å²) in [7, 11) is 1.58. The second kappa shape index (κ2) is 5.60. The Morgan fingerprint density at radius 2 is 2.00 bits per heavy atom. The summed E-state index contributed by atoms with van der Waals surface area (Å²) in [4.78, 5) is 23.0. The Kier molecular flexibility index (Phi) is 3.61. The number of carboxylic acids is 1. The van der Waals surface area contributed by atoms with Gasteiger partial charge in [-0.2, -0.15) is 0 Å². The van der Waals surface area contributed by atoms with E-state index in [2.05, 4.69) is 10.5 Å². The fourth-order valence-corrected chi connectivity index (χ4v) is 2.32. The van der Waals surface area contributed by atoms with E-state index in [1.54, 1.807) is 19.2 Å². The lowest BCUT2D eigenvalue weighted by molar-refractivity contribution is -0.138. The summed E-state index contributed by atoms with van der Waals surface area (Å²) in [5.74, 6) is -1.00. The lowest BCUT2D eigenvalue weighted by Gasteiger charge is -2.07. The molecule has 0 bridgehead atoms. The minimum atomic E-state index is -1.12. The van der Waals surface area contributed by atoms with Crippen molar-refractivity contribution in [3.05, 3.63) is 36.0 Å². The Hall–Kier alpha value is -3.09. The number of rotatable bonds is 4. The van der Waals surface area contributed by atoms with Crippen molar-refractivity contribution >= 4 is 33.6 Å². The van der Waals surface area contributed by atoms with Gasteiger partial charge in [-0.05, 0) is 36.6 Å². The number of hydrogen-bond donors (Lipinski definition) is 2. The zero-order valence-electron chi connectivity index (χ0n) is 12.5. The molecule has 2 aromatic carbocycles. The summed E-state index contributed by atoms with van der Waals surface area (Å²) in [6.45, 7) is 1.38. The van der Waals surface area contributed by atoms with E-state index in [-0.39, 0.29) is 5.69 Å². The first kappa shape index (κ1) is 14.8. The van der Waals surface area contributed by atoms with Crippen LogP contribution in [0.5, 0.6) is 5.75 Å². The summed E-state index contributed by atoms with van der Waals surface area (Å²) < 4.78 is 10.5. The topological polar surface area (TPSA) is 102 Å². The molecule has 7 heteroatoms. The maximum absolute atomic E-state index is 12.2. The van der Waals surface area contributed by atoms with Crippen molar-refractivity contribution in [3.8, 4) is 5.75 Å². The van der Waals surface area contributed by atoms with Crippen molar-refractivity contribution in [1.82, 2.24) is 10.5 Å². The normalized spacial score (nSPS) is 12.3. The van der Waals surface area contributed by atoms with Gasteiger partial charge in [0.2, 0.25) is 0 Å². The number of hydrogen-bond acceptors (Lipinski definition) is 5. The third-order valence-corrected chi connectivity index (χ3v) is 3.59. The van der Waals surface area contributed by atoms with Gasteiger partial charge >= 0.3 is 5.97 Å². The molecule has 0 aliphatic heterocycles. The Bertz CT molecular complexity index is 915. The molecule has 7 nitrogen and oxygen atoms in total. The van der Waals surface area contributed by atoms with Crippen LogP contribution in [0.4, 0.5) is 0 Å². The molecule has 0 unspecified atom stereocenters. The van der Waals surface area contributed by atoms with E-state index in [1.807, 2.05) is 18.2 Å². The third kappa shape index (κ3) is 2.57. The SMILES string of the molecule is COc1ccc2c(ccc3c(C(=O)N[C@H](C)C(=O)O)noc32)c1. The van der Waals surface area contributed by atoms with Crippen LogP contribution in [0.25, 0.3) is 21.7 Å². The van der Waals surface area contributed by atoms with E-state index >= 15 is 0 Å². The van der Waals surface area contributed by atoms with Crippen LogP contribution < -0.4 is 10.1 Å². The van der Waals surface area contributed by atoms with Crippen LogP contribution in [0.3, 0.4) is 0 Å². The summed E-state index contributed by atoms with van der Waals surface area (Å²) >= 11 is 0. The van der Waals surface area contributed by atoms with Gasteiger partial charge in [-0.15, -0.1) is 0 Å². The molecular formula is C16H14N2O5. The van der Waals surface area contributed by atoms with Gasteiger partial charge in [0.25, 0.3) is 5.91 Å². The van der Waals surface area contributed by atoms with Crippen molar-refractivity contribution in [3.63, 3.8) is 0 Å². The largest absolute Gasteiger partial charge is 0.497 e. The molecule has 0 radical (unpaired) electrons. The minimum absolute atomic E-state index is 0.0609. The highest BCUT2D eigenvalue weighted by atomic mass is 16.5. The second-order valence-corrected chi connectivity index (χ2v) is 5.09. The fourth-order valence-electron chi connectivity index (χ4n) is 2.32. The van der Waals surface area contributed by atoms with Gasteiger partial charge < -0.3 is 19.7 Å². The predicted molar refractivity (Wildman–Crippen MR) is 82.6 cm³/mol. The van der Waals surface area contributed by atoms with E-state index in [0.29, 0.717) is 16.7 Å². The molecule has 3 aromatic rings. The van der Waals surface area contributed by atoms with Crippen molar-refractivity contribution in [1.29, 1.82) is 0 Å². The lowest BCUT2D eigenvalue weighted by Crippen LogP contribution is -2.38. The zero-order chi connectivity index (χ0) is 16.6. The van der Waals surface area contributed by atoms with Gasteiger partial charge in [0.05, 0.1) is 12.5 Å². The third-order valence-electron chi connectivity index (χ3n) is 3.59. The first-order chi connectivity index (χ1) is 11.0. The molecule has 0 aliphatic carbocycles. The monoisotopic (exact) mass is 314 g/mol. The molecule has 0 aliphatic rings. The van der Waals surface area contributed by atoms with E-state index < -0.39 is 17.9 Å². The Labute approximate surface area is 130 Å². The first-order valence-corrected chi connectivity index (χ1v) is 6.91. The Balaban J connectivity index is 2.06. The van der Waals surface area contributed by atoms with E-state index in [0.717, 1.165) is 10.8 Å². The fraction of sp³-hybridized carbons (Fsp3) is 0.188. The number of carbonyl (C=O) groups is 2. The van der Waals surface area contributed by atoms with Crippen LogP contribution >= 0.6 is 0 Å². The van der Waals surface area contributed by atoms with E-state index in [9.17, 15) is 9.59 Å². The number of carbonyl (C=O) groups excluding carboxylic acids is 1. The summed E-state index contributed by atoms with van der Waals surface area (Å²) in [5, 5.41) is 17.2. The molecule has 1 heterocycles. The highest BCUT2D eigenvalue weighted by Gasteiger charge is 2.21. The summed E-state index contributed by atoms with van der Waals surface area (Å²) in [6, 6.07) is 7.99. The summed E-state index contributed by atoms with van der Waals surface area (Å²) in [5.41, 5.74) is 0.532. The molecule has 1 amide bonds. The van der Waals surface area contributed by atoms with Gasteiger partial charge in [-0.3, -0.25) is 9.59 Å². The molecular weight excluding hydrogens is 300 g/mol. The number of carboxylic acid groups (broad SMARTS) is 1. The maximum atomic E-state index is 12.2.